The second-order valence-corrected chi connectivity index (χ2v) is 15.3. The van der Waals surface area contributed by atoms with Crippen molar-refractivity contribution in [2.24, 2.45) is 0 Å². The fourth-order valence-corrected chi connectivity index (χ4v) is 10.2. The summed E-state index contributed by atoms with van der Waals surface area (Å²) in [4.78, 5) is 15.2. The van der Waals surface area contributed by atoms with Gasteiger partial charge in [-0.05, 0) is 11.1 Å². The van der Waals surface area contributed by atoms with E-state index in [1.807, 2.05) is 24.3 Å². The molecule has 4 heteroatoms. The molecule has 0 aliphatic heterocycles. The Hall–Kier alpha value is -6.45. The monoisotopic (exact) mass is 741 g/mol. The van der Waals surface area contributed by atoms with Crippen LogP contribution in [0.3, 0.4) is 0 Å². The van der Waals surface area contributed by atoms with Crippen LogP contribution in [0.15, 0.2) is 188 Å². The molecule has 0 amide bonds. The third kappa shape index (κ3) is 5.75. The summed E-state index contributed by atoms with van der Waals surface area (Å²) < 4.78 is 2.91. The van der Waals surface area contributed by atoms with E-state index in [-0.39, 0.29) is 14.5 Å². The van der Waals surface area contributed by atoms with Gasteiger partial charge in [0.1, 0.15) is 0 Å². The molecule has 0 N–H and O–H groups in total. The molecule has 0 aliphatic carbocycles. The smallest absolute Gasteiger partial charge is 0.0617 e. The van der Waals surface area contributed by atoms with Crippen molar-refractivity contribution in [1.82, 2.24) is 15.0 Å². The van der Waals surface area contributed by atoms with Gasteiger partial charge in [-0.1, -0.05) is 60.7 Å². The third-order valence-electron chi connectivity index (χ3n) is 9.93. The van der Waals surface area contributed by atoms with Crippen molar-refractivity contribution in [3.63, 3.8) is 0 Å². The van der Waals surface area contributed by atoms with E-state index >= 15 is 0 Å². The topological polar surface area (TPSA) is 38.7 Å². The molecule has 10 rings (SSSR count). The Morgan fingerprint density at radius 3 is 1.47 bits per heavy atom. The number of benzene rings is 8. The van der Waals surface area contributed by atoms with Crippen LogP contribution >= 0.6 is 0 Å². The van der Waals surface area contributed by atoms with E-state index in [0.29, 0.717) is 17.5 Å². The molecule has 10 aromatic rings. The molecule has 0 saturated carbocycles. The molecule has 0 unspecified atom stereocenters. The number of aromatic nitrogens is 3. The van der Waals surface area contributed by atoms with Gasteiger partial charge in [0.2, 0.25) is 0 Å². The van der Waals surface area contributed by atoms with E-state index in [2.05, 4.69) is 164 Å². The second kappa shape index (κ2) is 13.3. The summed E-state index contributed by atoms with van der Waals surface area (Å²) >= 11 is 0.169. The van der Waals surface area contributed by atoms with Crippen LogP contribution in [0.5, 0.6) is 0 Å². The summed E-state index contributed by atoms with van der Waals surface area (Å²) in [5.74, 6) is 1.96. The molecule has 248 valence electrons. The standard InChI is InChI=1S/C49H31N3Se/c1-4-14-32(15-5-1)35-20-10-22-37(30-35)48-50-47(34-18-8-3-9-19-34)51-49(52-48)38-28-29-39-36(31-38)21-11-24-41(39)42-25-13-27-44-43-26-12-23-40(45(43)53-46(42)44)33-16-6-2-7-17-33/h1-31H. The minimum atomic E-state index is 0.169. The van der Waals surface area contributed by atoms with Crippen LogP contribution in [0.4, 0.5) is 0 Å². The van der Waals surface area contributed by atoms with Crippen LogP contribution in [0.2, 0.25) is 0 Å². The van der Waals surface area contributed by atoms with E-state index < -0.39 is 0 Å². The number of nitrogens with zero attached hydrogens (tertiary/aromatic N) is 3. The molecular formula is C49H31N3Se. The van der Waals surface area contributed by atoms with Crippen LogP contribution in [0.1, 0.15) is 0 Å². The van der Waals surface area contributed by atoms with Crippen molar-refractivity contribution in [1.29, 1.82) is 0 Å². The maximum atomic E-state index is 5.11. The van der Waals surface area contributed by atoms with Crippen LogP contribution in [0.25, 0.3) is 97.6 Å². The van der Waals surface area contributed by atoms with Crippen LogP contribution in [-0.2, 0) is 0 Å². The number of hydrogen-bond acceptors (Lipinski definition) is 3. The Kier molecular flexibility index (Phi) is 7.83. The minimum absolute atomic E-state index is 0.169. The van der Waals surface area contributed by atoms with Crippen molar-refractivity contribution in [2.45, 2.75) is 0 Å². The Bertz CT molecular complexity index is 2940. The zero-order valence-electron chi connectivity index (χ0n) is 28.6. The third-order valence-corrected chi connectivity index (χ3v) is 12.6. The molecule has 0 aliphatic rings. The molecule has 2 aromatic heterocycles. The van der Waals surface area contributed by atoms with Gasteiger partial charge in [0.25, 0.3) is 0 Å². The van der Waals surface area contributed by atoms with Gasteiger partial charge in [0.05, 0.1) is 0 Å². The molecule has 8 aromatic carbocycles. The first kappa shape index (κ1) is 31.3. The molecule has 3 nitrogen and oxygen atoms in total. The average Bonchev–Trinajstić information content (AvgIpc) is 3.63. The van der Waals surface area contributed by atoms with E-state index in [1.165, 1.54) is 46.9 Å². The molecule has 0 spiro atoms. The molecule has 0 atom stereocenters. The summed E-state index contributed by atoms with van der Waals surface area (Å²) in [5.41, 5.74) is 10.3. The number of fused-ring (bicyclic) bond motifs is 4. The minimum Gasteiger partial charge on any atom is -0.0617 e. The van der Waals surface area contributed by atoms with Crippen molar-refractivity contribution < 1.29 is 0 Å². The molecular weight excluding hydrogens is 710 g/mol. The SMILES string of the molecule is c1ccc(-c2cccc(-c3nc(-c4ccccc4)nc(-c4ccc5c(-c6cccc7c6[se]c6c(-c8ccccc8)cccc67)cccc5c4)n3)c2)cc1. The predicted octanol–water partition coefficient (Wildman–Crippen LogP) is 12.4. The van der Waals surface area contributed by atoms with E-state index in [1.54, 1.807) is 0 Å². The quantitative estimate of drug-likeness (QED) is 0.159. The normalized spacial score (nSPS) is 11.4. The van der Waals surface area contributed by atoms with Gasteiger partial charge in [-0.2, -0.15) is 0 Å². The fourth-order valence-electron chi connectivity index (χ4n) is 7.35. The van der Waals surface area contributed by atoms with Gasteiger partial charge < -0.3 is 0 Å². The summed E-state index contributed by atoms with van der Waals surface area (Å²) in [7, 11) is 0. The first-order valence-electron chi connectivity index (χ1n) is 17.8. The van der Waals surface area contributed by atoms with Gasteiger partial charge in [0, 0.05) is 0 Å². The summed E-state index contributed by atoms with van der Waals surface area (Å²) in [6.45, 7) is 0. The molecule has 0 bridgehead atoms. The Morgan fingerprint density at radius 2 is 0.774 bits per heavy atom. The summed E-state index contributed by atoms with van der Waals surface area (Å²) in [6, 6.07) is 66.7. The van der Waals surface area contributed by atoms with Gasteiger partial charge in [-0.25, -0.2) is 0 Å². The Balaban J connectivity index is 1.10. The van der Waals surface area contributed by atoms with E-state index in [9.17, 15) is 0 Å². The van der Waals surface area contributed by atoms with Gasteiger partial charge in [0.15, 0.2) is 0 Å². The zero-order chi connectivity index (χ0) is 35.1. The Labute approximate surface area is 313 Å². The molecule has 0 radical (unpaired) electrons. The fraction of sp³-hybridized carbons (Fsp3) is 0. The van der Waals surface area contributed by atoms with Crippen LogP contribution in [-0.4, -0.2) is 29.5 Å². The molecule has 0 saturated heterocycles. The average molecular weight is 741 g/mol. The van der Waals surface area contributed by atoms with E-state index in [4.69, 9.17) is 15.0 Å². The predicted molar refractivity (Wildman–Crippen MR) is 222 cm³/mol. The zero-order valence-corrected chi connectivity index (χ0v) is 30.4. The summed E-state index contributed by atoms with van der Waals surface area (Å²) in [5, 5.41) is 5.08. The molecule has 0 fully saturated rings. The van der Waals surface area contributed by atoms with Gasteiger partial charge in [-0.3, -0.25) is 0 Å². The van der Waals surface area contributed by atoms with Gasteiger partial charge in [-0.15, -0.1) is 0 Å². The van der Waals surface area contributed by atoms with Crippen LogP contribution < -0.4 is 0 Å². The molecule has 53 heavy (non-hydrogen) atoms. The first-order chi connectivity index (χ1) is 26.3. The van der Waals surface area contributed by atoms with Crippen molar-refractivity contribution >= 4 is 44.6 Å². The van der Waals surface area contributed by atoms with Crippen molar-refractivity contribution in [3.8, 4) is 67.5 Å². The van der Waals surface area contributed by atoms with Crippen molar-refractivity contribution in [2.75, 3.05) is 0 Å². The van der Waals surface area contributed by atoms with Crippen molar-refractivity contribution in [3.05, 3.63) is 188 Å². The number of hydrogen-bond donors (Lipinski definition) is 0. The van der Waals surface area contributed by atoms with Gasteiger partial charge >= 0.3 is 243 Å². The maximum absolute atomic E-state index is 5.11. The van der Waals surface area contributed by atoms with Crippen LogP contribution in [0, 0.1) is 0 Å². The van der Waals surface area contributed by atoms with E-state index in [0.717, 1.165) is 33.2 Å². The summed E-state index contributed by atoms with van der Waals surface area (Å²) in [6.07, 6.45) is 0. The number of rotatable bonds is 6. The first-order valence-corrected chi connectivity index (χ1v) is 19.5. The molecule has 2 heterocycles. The Morgan fingerprint density at radius 1 is 0.283 bits per heavy atom. The second-order valence-electron chi connectivity index (χ2n) is 13.2.